The average Bonchev–Trinajstić information content (AvgIpc) is 3.15. The van der Waals surface area contributed by atoms with Gasteiger partial charge >= 0.3 is 0 Å². The predicted octanol–water partition coefficient (Wildman–Crippen LogP) is 4.57. The molecule has 0 saturated heterocycles. The number of anilines is 2. The number of rotatable bonds is 6. The summed E-state index contributed by atoms with van der Waals surface area (Å²) in [6, 6.07) is 23.5. The lowest BCUT2D eigenvalue weighted by atomic mass is 10.2. The molecule has 0 radical (unpaired) electrons. The number of aromatic nitrogens is 1. The number of carbonyl (C=O) groups excluding carboxylic acids is 2. The SMILES string of the molecule is O=C(COc1ccccc1)Nc1ccc2nc(NC(=O)c3ccccc3)sc2c1. The van der Waals surface area contributed by atoms with Gasteiger partial charge in [-0.15, -0.1) is 0 Å². The third kappa shape index (κ3) is 4.77. The summed E-state index contributed by atoms with van der Waals surface area (Å²) in [5, 5.41) is 6.12. The van der Waals surface area contributed by atoms with Crippen LogP contribution in [0.3, 0.4) is 0 Å². The van der Waals surface area contributed by atoms with Crippen LogP contribution in [0.25, 0.3) is 10.2 Å². The third-order valence-electron chi connectivity index (χ3n) is 4.04. The fraction of sp³-hybridized carbons (Fsp3) is 0.0455. The summed E-state index contributed by atoms with van der Waals surface area (Å²) in [7, 11) is 0. The van der Waals surface area contributed by atoms with Gasteiger partial charge in [0.1, 0.15) is 5.75 Å². The second-order valence-corrected chi connectivity index (χ2v) is 7.20. The van der Waals surface area contributed by atoms with E-state index in [-0.39, 0.29) is 18.4 Å². The summed E-state index contributed by atoms with van der Waals surface area (Å²) in [4.78, 5) is 28.8. The van der Waals surface area contributed by atoms with Gasteiger partial charge in [-0.1, -0.05) is 47.7 Å². The van der Waals surface area contributed by atoms with E-state index in [1.807, 2.05) is 42.5 Å². The van der Waals surface area contributed by atoms with Crippen LogP contribution in [0.2, 0.25) is 0 Å². The van der Waals surface area contributed by atoms with E-state index in [0.717, 1.165) is 10.2 Å². The number of ether oxygens (including phenoxy) is 1. The van der Waals surface area contributed by atoms with Crippen LogP contribution in [-0.2, 0) is 4.79 Å². The first-order chi connectivity index (χ1) is 14.2. The molecular formula is C22H17N3O3S. The summed E-state index contributed by atoms with van der Waals surface area (Å²) in [5.41, 5.74) is 1.96. The molecule has 1 aromatic heterocycles. The molecule has 6 nitrogen and oxygen atoms in total. The number of fused-ring (bicyclic) bond motifs is 1. The van der Waals surface area contributed by atoms with Crippen molar-refractivity contribution in [3.63, 3.8) is 0 Å². The van der Waals surface area contributed by atoms with Crippen molar-refractivity contribution < 1.29 is 14.3 Å². The molecule has 3 aromatic carbocycles. The molecule has 0 unspecified atom stereocenters. The highest BCUT2D eigenvalue weighted by atomic mass is 32.1. The van der Waals surface area contributed by atoms with Crippen molar-refractivity contribution >= 4 is 44.2 Å². The number of hydrogen-bond donors (Lipinski definition) is 2. The van der Waals surface area contributed by atoms with Gasteiger partial charge in [-0.05, 0) is 42.5 Å². The molecule has 0 bridgehead atoms. The zero-order chi connectivity index (χ0) is 20.1. The van der Waals surface area contributed by atoms with Crippen molar-refractivity contribution in [1.29, 1.82) is 0 Å². The fourth-order valence-electron chi connectivity index (χ4n) is 2.68. The van der Waals surface area contributed by atoms with Gasteiger partial charge in [0.2, 0.25) is 0 Å². The number of amides is 2. The molecule has 0 atom stereocenters. The Balaban J connectivity index is 1.40. The maximum Gasteiger partial charge on any atom is 0.262 e. The van der Waals surface area contributed by atoms with Crippen molar-refractivity contribution in [2.75, 3.05) is 17.2 Å². The largest absolute Gasteiger partial charge is 0.484 e. The Morgan fingerprint density at radius 3 is 2.38 bits per heavy atom. The van der Waals surface area contributed by atoms with Crippen LogP contribution in [0.1, 0.15) is 10.4 Å². The first-order valence-electron chi connectivity index (χ1n) is 8.92. The van der Waals surface area contributed by atoms with Gasteiger partial charge < -0.3 is 10.1 Å². The van der Waals surface area contributed by atoms with Gasteiger partial charge in [-0.25, -0.2) is 4.98 Å². The van der Waals surface area contributed by atoms with Crippen LogP contribution in [0.15, 0.2) is 78.9 Å². The van der Waals surface area contributed by atoms with Crippen LogP contribution in [0, 0.1) is 0 Å². The highest BCUT2D eigenvalue weighted by Gasteiger charge is 2.11. The third-order valence-corrected chi connectivity index (χ3v) is 4.98. The van der Waals surface area contributed by atoms with Crippen LogP contribution < -0.4 is 15.4 Å². The lowest BCUT2D eigenvalue weighted by Crippen LogP contribution is -2.20. The van der Waals surface area contributed by atoms with E-state index in [4.69, 9.17) is 4.74 Å². The lowest BCUT2D eigenvalue weighted by Gasteiger charge is -2.07. The Morgan fingerprint density at radius 1 is 0.897 bits per heavy atom. The Hall–Kier alpha value is -3.71. The van der Waals surface area contributed by atoms with Gasteiger partial charge in [0.05, 0.1) is 10.2 Å². The molecule has 0 aliphatic rings. The normalized spacial score (nSPS) is 10.5. The highest BCUT2D eigenvalue weighted by Crippen LogP contribution is 2.28. The van der Waals surface area contributed by atoms with Crippen LogP contribution in [0.4, 0.5) is 10.8 Å². The number of nitrogens with one attached hydrogen (secondary N) is 2. The second kappa shape index (κ2) is 8.53. The first kappa shape index (κ1) is 18.6. The Kier molecular flexibility index (Phi) is 5.49. The predicted molar refractivity (Wildman–Crippen MR) is 115 cm³/mol. The second-order valence-electron chi connectivity index (χ2n) is 6.17. The maximum atomic E-state index is 12.3. The number of benzene rings is 3. The molecule has 0 aliphatic carbocycles. The molecule has 4 rings (SSSR count). The highest BCUT2D eigenvalue weighted by molar-refractivity contribution is 7.22. The summed E-state index contributed by atoms with van der Waals surface area (Å²) in [6.45, 7) is -0.0802. The molecule has 0 aliphatic heterocycles. The van der Waals surface area contributed by atoms with E-state index < -0.39 is 0 Å². The average molecular weight is 403 g/mol. The number of carbonyl (C=O) groups is 2. The Morgan fingerprint density at radius 2 is 1.62 bits per heavy atom. The lowest BCUT2D eigenvalue weighted by molar-refractivity contribution is -0.118. The molecule has 0 spiro atoms. The summed E-state index contributed by atoms with van der Waals surface area (Å²) >= 11 is 1.35. The fourth-order valence-corrected chi connectivity index (χ4v) is 3.58. The monoisotopic (exact) mass is 403 g/mol. The first-order valence-corrected chi connectivity index (χ1v) is 9.74. The van der Waals surface area contributed by atoms with E-state index in [1.165, 1.54) is 11.3 Å². The van der Waals surface area contributed by atoms with E-state index in [0.29, 0.717) is 22.1 Å². The number of para-hydroxylation sites is 1. The minimum atomic E-state index is -0.254. The molecular weight excluding hydrogens is 386 g/mol. The van der Waals surface area contributed by atoms with Crippen LogP contribution in [-0.4, -0.2) is 23.4 Å². The molecule has 0 fully saturated rings. The topological polar surface area (TPSA) is 80.3 Å². The summed E-state index contributed by atoms with van der Waals surface area (Å²) in [5.74, 6) is 0.172. The van der Waals surface area contributed by atoms with Crippen LogP contribution >= 0.6 is 11.3 Å². The minimum absolute atomic E-state index is 0.0802. The summed E-state index contributed by atoms with van der Waals surface area (Å²) in [6.07, 6.45) is 0. The number of nitrogens with zero attached hydrogens (tertiary/aromatic N) is 1. The van der Waals surface area contributed by atoms with Crippen molar-refractivity contribution in [3.05, 3.63) is 84.4 Å². The standard InChI is InChI=1S/C22H17N3O3S/c26-20(14-28-17-9-5-2-6-10-17)23-16-11-12-18-19(13-16)29-22(24-18)25-21(27)15-7-3-1-4-8-15/h1-13H,14H2,(H,23,26)(H,24,25,27). The molecule has 4 aromatic rings. The van der Waals surface area contributed by atoms with Gasteiger partial charge in [0, 0.05) is 11.3 Å². The van der Waals surface area contributed by atoms with Crippen LogP contribution in [0.5, 0.6) is 5.75 Å². The number of hydrogen-bond acceptors (Lipinski definition) is 5. The Bertz CT molecular complexity index is 1140. The Labute approximate surface area is 171 Å². The van der Waals surface area contributed by atoms with Crippen molar-refractivity contribution in [3.8, 4) is 5.75 Å². The van der Waals surface area contributed by atoms with Crippen molar-refractivity contribution in [1.82, 2.24) is 4.98 Å². The van der Waals surface area contributed by atoms with Crippen molar-refractivity contribution in [2.24, 2.45) is 0 Å². The van der Waals surface area contributed by atoms with Crippen molar-refractivity contribution in [2.45, 2.75) is 0 Å². The molecule has 29 heavy (non-hydrogen) atoms. The number of thiazole rings is 1. The molecule has 0 saturated carbocycles. The minimum Gasteiger partial charge on any atom is -0.484 e. The van der Waals surface area contributed by atoms with Gasteiger partial charge in [-0.2, -0.15) is 0 Å². The molecule has 1 heterocycles. The van der Waals surface area contributed by atoms with E-state index in [1.54, 1.807) is 36.4 Å². The maximum absolute atomic E-state index is 12.3. The zero-order valence-electron chi connectivity index (χ0n) is 15.3. The van der Waals surface area contributed by atoms with Gasteiger partial charge in [-0.3, -0.25) is 14.9 Å². The van der Waals surface area contributed by atoms with E-state index in [2.05, 4.69) is 15.6 Å². The zero-order valence-corrected chi connectivity index (χ0v) is 16.1. The molecule has 144 valence electrons. The molecule has 7 heteroatoms. The molecule has 2 N–H and O–H groups in total. The van der Waals surface area contributed by atoms with Gasteiger partial charge in [0.15, 0.2) is 11.7 Å². The van der Waals surface area contributed by atoms with E-state index in [9.17, 15) is 9.59 Å². The quantitative estimate of drug-likeness (QED) is 0.494. The summed E-state index contributed by atoms with van der Waals surface area (Å²) < 4.78 is 6.30. The molecule has 2 amide bonds. The van der Waals surface area contributed by atoms with E-state index >= 15 is 0 Å². The van der Waals surface area contributed by atoms with Gasteiger partial charge in [0.25, 0.3) is 11.8 Å². The smallest absolute Gasteiger partial charge is 0.262 e.